The first-order chi connectivity index (χ1) is 17.5. The van der Waals surface area contributed by atoms with E-state index >= 15 is 0 Å². The molecule has 1 aliphatic carbocycles. The summed E-state index contributed by atoms with van der Waals surface area (Å²) in [5, 5.41) is 15.6. The van der Waals surface area contributed by atoms with Gasteiger partial charge in [0.2, 0.25) is 0 Å². The van der Waals surface area contributed by atoms with Gasteiger partial charge in [0.15, 0.2) is 6.23 Å². The lowest BCUT2D eigenvalue weighted by Gasteiger charge is -2.67. The fourth-order valence-electron chi connectivity index (χ4n) is 7.56. The topological polar surface area (TPSA) is 85.4 Å². The van der Waals surface area contributed by atoms with Gasteiger partial charge in [-0.1, -0.05) is 26.8 Å². The molecular formula is C28H36BrN5O3. The van der Waals surface area contributed by atoms with Crippen molar-refractivity contribution < 1.29 is 14.6 Å². The lowest BCUT2D eigenvalue weighted by molar-refractivity contribution is -0.159. The number of aryl methyl sites for hydroxylation is 1. The van der Waals surface area contributed by atoms with Gasteiger partial charge in [-0.25, -0.2) is 14.5 Å². The Bertz CT molecular complexity index is 1370. The summed E-state index contributed by atoms with van der Waals surface area (Å²) in [6, 6.07) is 4.36. The summed E-state index contributed by atoms with van der Waals surface area (Å²) in [5.74, 6) is 1.38. The fraction of sp³-hybridized carbons (Fsp3) is 0.607. The molecule has 2 unspecified atom stereocenters. The SMILES string of the molecule is Cc1ccc2c(cnn2C2CCCCO2)c1-c1c(Br)nc(C2CC3(C2)CN(C(=O)O)C3C(C)(C)C)n1C. The predicted octanol–water partition coefficient (Wildman–Crippen LogP) is 6.48. The Labute approximate surface area is 226 Å². The number of ether oxygens (including phenoxy) is 1. The van der Waals surface area contributed by atoms with Gasteiger partial charge < -0.3 is 19.3 Å². The van der Waals surface area contributed by atoms with Crippen molar-refractivity contribution in [2.45, 2.75) is 78.0 Å². The quantitative estimate of drug-likeness (QED) is 0.390. The van der Waals surface area contributed by atoms with Crippen molar-refractivity contribution in [3.63, 3.8) is 0 Å². The van der Waals surface area contributed by atoms with Gasteiger partial charge in [-0.15, -0.1) is 0 Å². The largest absolute Gasteiger partial charge is 0.465 e. The van der Waals surface area contributed by atoms with Gasteiger partial charge in [0.05, 0.1) is 17.4 Å². The second-order valence-electron chi connectivity index (χ2n) is 12.4. The third-order valence-corrected chi connectivity index (χ3v) is 9.41. The number of carboxylic acid groups (broad SMARTS) is 1. The van der Waals surface area contributed by atoms with Crippen LogP contribution in [0.15, 0.2) is 22.9 Å². The molecule has 9 heteroatoms. The number of aromatic nitrogens is 4. The molecule has 0 bridgehead atoms. The summed E-state index contributed by atoms with van der Waals surface area (Å²) < 4.78 is 11.2. The van der Waals surface area contributed by atoms with Crippen LogP contribution >= 0.6 is 15.9 Å². The molecule has 1 spiro atoms. The van der Waals surface area contributed by atoms with Crippen molar-refractivity contribution in [1.82, 2.24) is 24.2 Å². The summed E-state index contributed by atoms with van der Waals surface area (Å²) in [4.78, 5) is 18.5. The standard InChI is InChI=1S/C28H36BrN5O3/c1-16-9-10-19-18(14-30-34(19)20-8-6-7-11-37-20)21(16)22-23(29)31-24(32(22)5)17-12-28(13-17)15-33(26(35)36)25(28)27(2,3)4/h9-10,14,17,20,25H,6-8,11-13,15H2,1-5H3,(H,35,36). The van der Waals surface area contributed by atoms with E-state index in [1.165, 1.54) is 5.56 Å². The highest BCUT2D eigenvalue weighted by molar-refractivity contribution is 9.10. The molecule has 198 valence electrons. The van der Waals surface area contributed by atoms with E-state index in [2.05, 4.69) is 67.4 Å². The van der Waals surface area contributed by atoms with Crippen molar-refractivity contribution in [1.29, 1.82) is 0 Å². The van der Waals surface area contributed by atoms with E-state index in [1.807, 2.05) is 10.9 Å². The van der Waals surface area contributed by atoms with Gasteiger partial charge in [0, 0.05) is 48.5 Å². The average Bonchev–Trinajstić information content (AvgIpc) is 3.33. The highest BCUT2D eigenvalue weighted by Gasteiger charge is 2.64. The van der Waals surface area contributed by atoms with Crippen molar-refractivity contribution in [2.75, 3.05) is 13.2 Å². The molecule has 1 N–H and O–H groups in total. The van der Waals surface area contributed by atoms with E-state index in [9.17, 15) is 9.90 Å². The first-order valence-corrected chi connectivity index (χ1v) is 14.1. The van der Waals surface area contributed by atoms with Gasteiger partial charge in [0.25, 0.3) is 0 Å². The normalized spacial score (nSPS) is 27.9. The Hall–Kier alpha value is -2.39. The van der Waals surface area contributed by atoms with E-state index in [0.717, 1.165) is 71.3 Å². The summed E-state index contributed by atoms with van der Waals surface area (Å²) >= 11 is 3.79. The molecule has 0 radical (unpaired) electrons. The third-order valence-electron chi connectivity index (χ3n) is 8.86. The molecule has 8 nitrogen and oxygen atoms in total. The molecule has 3 aliphatic rings. The Balaban J connectivity index is 1.33. The number of hydrogen-bond acceptors (Lipinski definition) is 4. The van der Waals surface area contributed by atoms with Gasteiger partial charge in [-0.3, -0.25) is 0 Å². The Morgan fingerprint density at radius 3 is 2.65 bits per heavy atom. The number of rotatable bonds is 3. The second-order valence-corrected chi connectivity index (χ2v) is 13.2. The third kappa shape index (κ3) is 3.75. The first kappa shape index (κ1) is 24.9. The second kappa shape index (κ2) is 8.56. The Morgan fingerprint density at radius 2 is 2.00 bits per heavy atom. The van der Waals surface area contributed by atoms with Crippen LogP contribution in [0.4, 0.5) is 4.79 Å². The Morgan fingerprint density at radius 1 is 1.24 bits per heavy atom. The van der Waals surface area contributed by atoms with Crippen LogP contribution < -0.4 is 0 Å². The minimum atomic E-state index is -0.807. The first-order valence-electron chi connectivity index (χ1n) is 13.3. The molecule has 1 saturated carbocycles. The minimum Gasteiger partial charge on any atom is -0.465 e. The van der Waals surface area contributed by atoms with Crippen LogP contribution in [-0.2, 0) is 11.8 Å². The number of halogens is 1. The van der Waals surface area contributed by atoms with Gasteiger partial charge in [0.1, 0.15) is 10.4 Å². The zero-order chi connectivity index (χ0) is 26.3. The fourth-order valence-corrected chi connectivity index (χ4v) is 8.21. The summed E-state index contributed by atoms with van der Waals surface area (Å²) in [6.07, 6.45) is 6.34. The van der Waals surface area contributed by atoms with Crippen LogP contribution in [0, 0.1) is 17.8 Å². The van der Waals surface area contributed by atoms with Crippen LogP contribution in [0.2, 0.25) is 0 Å². The number of amides is 1. The molecule has 2 atom stereocenters. The van der Waals surface area contributed by atoms with Crippen LogP contribution in [-0.4, -0.2) is 54.6 Å². The maximum absolute atomic E-state index is 11.8. The molecule has 2 saturated heterocycles. The number of likely N-dealkylation sites (tertiary alicyclic amines) is 1. The van der Waals surface area contributed by atoms with Crippen LogP contribution in [0.5, 0.6) is 0 Å². The lowest BCUT2D eigenvalue weighted by atomic mass is 9.48. The molecule has 2 aliphatic heterocycles. The molecule has 6 rings (SSSR count). The average molecular weight is 571 g/mol. The number of carbonyl (C=O) groups is 1. The minimum absolute atomic E-state index is 0.0119. The zero-order valence-electron chi connectivity index (χ0n) is 22.3. The smallest absolute Gasteiger partial charge is 0.407 e. The predicted molar refractivity (Wildman–Crippen MR) is 146 cm³/mol. The molecule has 2 aromatic heterocycles. The highest BCUT2D eigenvalue weighted by atomic mass is 79.9. The number of hydrogen-bond donors (Lipinski definition) is 1. The van der Waals surface area contributed by atoms with Gasteiger partial charge in [-0.2, -0.15) is 5.10 Å². The Kier molecular flexibility index (Phi) is 5.77. The maximum atomic E-state index is 11.8. The van der Waals surface area contributed by atoms with Gasteiger partial charge >= 0.3 is 6.09 Å². The summed E-state index contributed by atoms with van der Waals surface area (Å²) in [7, 11) is 2.10. The van der Waals surface area contributed by atoms with Crippen molar-refractivity contribution in [3.8, 4) is 11.3 Å². The molecule has 37 heavy (non-hydrogen) atoms. The van der Waals surface area contributed by atoms with Crippen LogP contribution in [0.3, 0.4) is 0 Å². The van der Waals surface area contributed by atoms with Crippen molar-refractivity contribution in [2.24, 2.45) is 17.9 Å². The molecule has 4 heterocycles. The number of nitrogens with zero attached hydrogens (tertiary/aromatic N) is 5. The molecule has 1 aromatic carbocycles. The number of imidazole rings is 1. The van der Waals surface area contributed by atoms with E-state index in [1.54, 1.807) is 4.90 Å². The van der Waals surface area contributed by atoms with E-state index < -0.39 is 6.09 Å². The van der Waals surface area contributed by atoms with Crippen molar-refractivity contribution in [3.05, 3.63) is 34.3 Å². The maximum Gasteiger partial charge on any atom is 0.407 e. The summed E-state index contributed by atoms with van der Waals surface area (Å²) in [5.41, 5.74) is 4.44. The lowest BCUT2D eigenvalue weighted by Crippen LogP contribution is -2.73. The molecular weight excluding hydrogens is 534 g/mol. The van der Waals surface area contributed by atoms with E-state index in [4.69, 9.17) is 14.8 Å². The number of fused-ring (bicyclic) bond motifs is 1. The molecule has 3 fully saturated rings. The van der Waals surface area contributed by atoms with E-state index in [0.29, 0.717) is 12.5 Å². The monoisotopic (exact) mass is 569 g/mol. The summed E-state index contributed by atoms with van der Waals surface area (Å²) in [6.45, 7) is 10.0. The molecule has 3 aromatic rings. The van der Waals surface area contributed by atoms with Crippen LogP contribution in [0.25, 0.3) is 22.2 Å². The highest BCUT2D eigenvalue weighted by Crippen LogP contribution is 2.63. The van der Waals surface area contributed by atoms with Crippen LogP contribution in [0.1, 0.15) is 76.4 Å². The van der Waals surface area contributed by atoms with E-state index in [-0.39, 0.29) is 23.1 Å². The molecule has 1 amide bonds. The zero-order valence-corrected chi connectivity index (χ0v) is 23.9. The number of benzene rings is 1. The van der Waals surface area contributed by atoms with Gasteiger partial charge in [-0.05, 0) is 72.0 Å². The van der Waals surface area contributed by atoms with Crippen molar-refractivity contribution >= 4 is 32.9 Å².